The summed E-state index contributed by atoms with van der Waals surface area (Å²) in [6, 6.07) is 0.418. The van der Waals surface area contributed by atoms with Crippen molar-refractivity contribution in [2.45, 2.75) is 32.7 Å². The van der Waals surface area contributed by atoms with E-state index in [2.05, 4.69) is 34.2 Å². The first-order valence-corrected chi connectivity index (χ1v) is 4.83. The highest BCUT2D eigenvalue weighted by Gasteiger charge is 2.09. The van der Waals surface area contributed by atoms with Crippen molar-refractivity contribution in [1.82, 2.24) is 25.0 Å². The van der Waals surface area contributed by atoms with Crippen molar-refractivity contribution < 1.29 is 0 Å². The molecular weight excluding hydrogens is 178 g/mol. The third-order valence-electron chi connectivity index (χ3n) is 2.35. The summed E-state index contributed by atoms with van der Waals surface area (Å²) in [7, 11) is 0. The predicted molar refractivity (Wildman–Crippen MR) is 52.7 cm³/mol. The summed E-state index contributed by atoms with van der Waals surface area (Å²) in [5.74, 6) is 0. The van der Waals surface area contributed by atoms with Gasteiger partial charge in [0.15, 0.2) is 5.65 Å². The number of hydrogen-bond acceptors (Lipinski definition) is 4. The highest BCUT2D eigenvalue weighted by molar-refractivity contribution is 5.68. The average molecular weight is 191 g/mol. The molecule has 2 rings (SSSR count). The molecule has 5 nitrogen and oxygen atoms in total. The van der Waals surface area contributed by atoms with Crippen LogP contribution < -0.4 is 0 Å². The van der Waals surface area contributed by atoms with Crippen LogP contribution in [0.25, 0.3) is 11.2 Å². The van der Waals surface area contributed by atoms with Crippen molar-refractivity contribution in [3.05, 3.63) is 12.5 Å². The molecular formula is C9H13N5. The van der Waals surface area contributed by atoms with Crippen molar-refractivity contribution in [1.29, 1.82) is 0 Å². The topological polar surface area (TPSA) is 56.5 Å². The number of rotatable bonds is 3. The van der Waals surface area contributed by atoms with E-state index in [1.807, 2.05) is 4.57 Å². The molecule has 0 saturated carbocycles. The maximum Gasteiger partial charge on any atom is 0.186 e. The van der Waals surface area contributed by atoms with Crippen LogP contribution in [0.5, 0.6) is 0 Å². The first kappa shape index (κ1) is 9.05. The molecule has 2 aromatic rings. The van der Waals surface area contributed by atoms with E-state index in [-0.39, 0.29) is 0 Å². The summed E-state index contributed by atoms with van der Waals surface area (Å²) in [4.78, 5) is 4.22. The third-order valence-corrected chi connectivity index (χ3v) is 2.35. The number of imidazole rings is 1. The summed E-state index contributed by atoms with van der Waals surface area (Å²) in [5, 5.41) is 11.3. The first-order chi connectivity index (χ1) is 6.83. The highest BCUT2D eigenvalue weighted by Crippen LogP contribution is 2.17. The summed E-state index contributed by atoms with van der Waals surface area (Å²) in [6.45, 7) is 4.33. The molecule has 0 aliphatic rings. The van der Waals surface area contributed by atoms with Crippen LogP contribution in [0.15, 0.2) is 12.5 Å². The lowest BCUT2D eigenvalue weighted by molar-refractivity contribution is 0.507. The Hall–Kier alpha value is -1.52. The molecule has 74 valence electrons. The number of aromatic nitrogens is 5. The Kier molecular flexibility index (Phi) is 2.39. The minimum Gasteiger partial charge on any atom is -0.311 e. The van der Waals surface area contributed by atoms with Gasteiger partial charge in [-0.3, -0.25) is 0 Å². The third kappa shape index (κ3) is 1.45. The zero-order chi connectivity index (χ0) is 9.97. The van der Waals surface area contributed by atoms with Gasteiger partial charge in [0.25, 0.3) is 0 Å². The lowest BCUT2D eigenvalue weighted by Crippen LogP contribution is -2.04. The van der Waals surface area contributed by atoms with Crippen molar-refractivity contribution in [2.24, 2.45) is 0 Å². The quantitative estimate of drug-likeness (QED) is 0.739. The summed E-state index contributed by atoms with van der Waals surface area (Å²) in [5.41, 5.74) is 1.63. The summed E-state index contributed by atoms with van der Waals surface area (Å²) >= 11 is 0. The van der Waals surface area contributed by atoms with Crippen LogP contribution in [0.3, 0.4) is 0 Å². The van der Waals surface area contributed by atoms with Crippen molar-refractivity contribution in [2.75, 3.05) is 0 Å². The Labute approximate surface area is 82.2 Å². The zero-order valence-electron chi connectivity index (χ0n) is 8.38. The van der Waals surface area contributed by atoms with Gasteiger partial charge in [-0.2, -0.15) is 0 Å². The Bertz CT molecular complexity index is 422. The molecule has 14 heavy (non-hydrogen) atoms. The van der Waals surface area contributed by atoms with Crippen LogP contribution in [0, 0.1) is 0 Å². The lowest BCUT2D eigenvalue weighted by atomic mass is 10.2. The SMILES string of the molecule is CCCC(C)n1cnc2cnnnc21. The fourth-order valence-electron chi connectivity index (χ4n) is 1.59. The second-order valence-electron chi connectivity index (χ2n) is 3.43. The van der Waals surface area contributed by atoms with Crippen LogP contribution in [0.4, 0.5) is 0 Å². The van der Waals surface area contributed by atoms with E-state index in [0.29, 0.717) is 6.04 Å². The maximum atomic E-state index is 4.22. The Morgan fingerprint density at radius 3 is 3.14 bits per heavy atom. The van der Waals surface area contributed by atoms with E-state index in [4.69, 9.17) is 0 Å². The Morgan fingerprint density at radius 1 is 1.50 bits per heavy atom. The van der Waals surface area contributed by atoms with Gasteiger partial charge < -0.3 is 4.57 Å². The van der Waals surface area contributed by atoms with Gasteiger partial charge in [0.2, 0.25) is 0 Å². The number of hydrogen-bond donors (Lipinski definition) is 0. The van der Waals surface area contributed by atoms with Crippen molar-refractivity contribution >= 4 is 11.2 Å². The van der Waals surface area contributed by atoms with Gasteiger partial charge in [0.05, 0.1) is 12.5 Å². The van der Waals surface area contributed by atoms with Gasteiger partial charge in [-0.25, -0.2) is 4.98 Å². The summed E-state index contributed by atoms with van der Waals surface area (Å²) in [6.07, 6.45) is 5.72. The van der Waals surface area contributed by atoms with Gasteiger partial charge in [-0.15, -0.1) is 10.2 Å². The molecule has 0 aliphatic carbocycles. The number of fused-ring (bicyclic) bond motifs is 1. The second-order valence-corrected chi connectivity index (χ2v) is 3.43. The predicted octanol–water partition coefficient (Wildman–Crippen LogP) is 1.58. The molecule has 0 aromatic carbocycles. The normalized spacial score (nSPS) is 13.3. The fourth-order valence-corrected chi connectivity index (χ4v) is 1.59. The van der Waals surface area contributed by atoms with E-state index in [9.17, 15) is 0 Å². The van der Waals surface area contributed by atoms with E-state index in [1.54, 1.807) is 12.5 Å². The van der Waals surface area contributed by atoms with Crippen molar-refractivity contribution in [3.8, 4) is 0 Å². The van der Waals surface area contributed by atoms with Gasteiger partial charge in [0.1, 0.15) is 5.52 Å². The molecule has 0 N–H and O–H groups in total. The lowest BCUT2D eigenvalue weighted by Gasteiger charge is -2.11. The molecule has 0 aliphatic heterocycles. The average Bonchev–Trinajstić information content (AvgIpc) is 2.61. The van der Waals surface area contributed by atoms with Crippen LogP contribution in [-0.4, -0.2) is 25.0 Å². The van der Waals surface area contributed by atoms with Crippen LogP contribution in [-0.2, 0) is 0 Å². The molecule has 0 radical (unpaired) electrons. The minimum absolute atomic E-state index is 0.418. The van der Waals surface area contributed by atoms with E-state index in [1.165, 1.54) is 0 Å². The highest BCUT2D eigenvalue weighted by atomic mass is 15.3. The summed E-state index contributed by atoms with van der Waals surface area (Å²) < 4.78 is 2.05. The molecule has 0 amide bonds. The van der Waals surface area contributed by atoms with E-state index < -0.39 is 0 Å². The van der Waals surface area contributed by atoms with Gasteiger partial charge in [0, 0.05) is 6.04 Å². The smallest absolute Gasteiger partial charge is 0.186 e. The van der Waals surface area contributed by atoms with Gasteiger partial charge in [-0.1, -0.05) is 13.3 Å². The number of nitrogens with zero attached hydrogens (tertiary/aromatic N) is 5. The monoisotopic (exact) mass is 191 g/mol. The van der Waals surface area contributed by atoms with Crippen molar-refractivity contribution in [3.63, 3.8) is 0 Å². The molecule has 0 fully saturated rings. The zero-order valence-corrected chi connectivity index (χ0v) is 8.38. The molecule has 5 heteroatoms. The molecule has 0 saturated heterocycles. The largest absolute Gasteiger partial charge is 0.311 e. The minimum atomic E-state index is 0.418. The molecule has 2 aromatic heterocycles. The molecule has 0 bridgehead atoms. The second kappa shape index (κ2) is 3.69. The fraction of sp³-hybridized carbons (Fsp3) is 0.556. The van der Waals surface area contributed by atoms with E-state index in [0.717, 1.165) is 24.0 Å². The first-order valence-electron chi connectivity index (χ1n) is 4.83. The van der Waals surface area contributed by atoms with Crippen LogP contribution >= 0.6 is 0 Å². The van der Waals surface area contributed by atoms with Crippen LogP contribution in [0.1, 0.15) is 32.7 Å². The molecule has 1 atom stereocenters. The maximum absolute atomic E-state index is 4.22. The Morgan fingerprint density at radius 2 is 2.36 bits per heavy atom. The standard InChI is InChI=1S/C9H13N5/c1-3-4-7(2)14-6-10-8-5-11-13-12-9(8)14/h5-7H,3-4H2,1-2H3. The Balaban J connectivity index is 2.42. The van der Waals surface area contributed by atoms with Gasteiger partial charge >= 0.3 is 0 Å². The van der Waals surface area contributed by atoms with Crippen LogP contribution in [0.2, 0.25) is 0 Å². The van der Waals surface area contributed by atoms with Gasteiger partial charge in [-0.05, 0) is 18.6 Å². The molecule has 0 spiro atoms. The van der Waals surface area contributed by atoms with E-state index >= 15 is 0 Å². The molecule has 2 heterocycles. The molecule has 1 unspecified atom stereocenters.